The zero-order chi connectivity index (χ0) is 19.1. The van der Waals surface area contributed by atoms with Gasteiger partial charge >= 0.3 is 12.0 Å². The van der Waals surface area contributed by atoms with Gasteiger partial charge in [0.25, 0.3) is 5.91 Å². The maximum Gasteiger partial charge on any atom is 0.319 e. The second-order valence-corrected chi connectivity index (χ2v) is 6.88. The number of carbonyl (C=O) groups is 3. The molecule has 142 valence electrons. The third-order valence-electron chi connectivity index (χ3n) is 4.65. The molecule has 2 rings (SSSR count). The van der Waals surface area contributed by atoms with E-state index in [1.807, 2.05) is 11.8 Å². The Kier molecular flexibility index (Phi) is 7.00. The summed E-state index contributed by atoms with van der Waals surface area (Å²) in [6.45, 7) is 5.92. The number of carboxylic acids is 1. The van der Waals surface area contributed by atoms with Gasteiger partial charge in [-0.3, -0.25) is 9.59 Å². The van der Waals surface area contributed by atoms with Crippen LogP contribution in [0.2, 0.25) is 0 Å². The topological polar surface area (TPSA) is 98.7 Å². The fraction of sp³-hybridized carbons (Fsp3) is 0.526. The summed E-state index contributed by atoms with van der Waals surface area (Å²) in [6, 6.07) is 4.86. The molecule has 1 saturated heterocycles. The standard InChI is InChI=1S/C19H27N3O4/c1-13-7-10-22(11-8-13)18(25)15-5-6-16(14(2)12-15)21-19(26)20-9-3-4-17(23)24/h5-6,12-13H,3-4,7-11H2,1-2H3,(H,23,24)(H2,20,21,26). The van der Waals surface area contributed by atoms with Crippen LogP contribution in [0.15, 0.2) is 18.2 Å². The van der Waals surface area contributed by atoms with Crippen LogP contribution in [0.5, 0.6) is 0 Å². The Bertz CT molecular complexity index is 667. The van der Waals surface area contributed by atoms with Crippen molar-refractivity contribution in [2.75, 3.05) is 25.0 Å². The first-order valence-electron chi connectivity index (χ1n) is 9.03. The molecule has 0 aromatic heterocycles. The first-order chi connectivity index (χ1) is 12.4. The van der Waals surface area contributed by atoms with Crippen molar-refractivity contribution in [2.45, 2.75) is 39.5 Å². The number of rotatable bonds is 6. The van der Waals surface area contributed by atoms with Crippen molar-refractivity contribution in [1.29, 1.82) is 0 Å². The van der Waals surface area contributed by atoms with Gasteiger partial charge in [0.2, 0.25) is 0 Å². The maximum absolute atomic E-state index is 12.6. The zero-order valence-electron chi connectivity index (χ0n) is 15.4. The number of nitrogens with zero attached hydrogens (tertiary/aromatic N) is 1. The number of nitrogens with one attached hydrogen (secondary N) is 2. The molecule has 0 bridgehead atoms. The summed E-state index contributed by atoms with van der Waals surface area (Å²) in [6.07, 6.45) is 2.47. The van der Waals surface area contributed by atoms with Gasteiger partial charge in [0.15, 0.2) is 0 Å². The lowest BCUT2D eigenvalue weighted by atomic mass is 9.98. The fourth-order valence-corrected chi connectivity index (χ4v) is 2.94. The number of piperidine rings is 1. The molecule has 26 heavy (non-hydrogen) atoms. The van der Waals surface area contributed by atoms with Gasteiger partial charge in [-0.1, -0.05) is 6.92 Å². The number of anilines is 1. The first kappa shape index (κ1) is 19.8. The monoisotopic (exact) mass is 361 g/mol. The van der Waals surface area contributed by atoms with Crippen LogP contribution in [0, 0.1) is 12.8 Å². The van der Waals surface area contributed by atoms with Crippen molar-refractivity contribution in [3.8, 4) is 0 Å². The number of hydrogen-bond donors (Lipinski definition) is 3. The van der Waals surface area contributed by atoms with Gasteiger partial charge in [-0.05, 0) is 55.9 Å². The summed E-state index contributed by atoms with van der Waals surface area (Å²) in [7, 11) is 0. The highest BCUT2D eigenvalue weighted by atomic mass is 16.4. The number of hydrogen-bond acceptors (Lipinski definition) is 3. The highest BCUT2D eigenvalue weighted by molar-refractivity contribution is 5.96. The molecule has 1 aromatic carbocycles. The van der Waals surface area contributed by atoms with Crippen LogP contribution in [-0.4, -0.2) is 47.5 Å². The summed E-state index contributed by atoms with van der Waals surface area (Å²) in [5.41, 5.74) is 2.07. The highest BCUT2D eigenvalue weighted by Crippen LogP contribution is 2.21. The summed E-state index contributed by atoms with van der Waals surface area (Å²) in [5.74, 6) is -0.183. The molecule has 0 unspecified atom stereocenters. The number of aliphatic carboxylic acids is 1. The third-order valence-corrected chi connectivity index (χ3v) is 4.65. The lowest BCUT2D eigenvalue weighted by Crippen LogP contribution is -2.38. The molecular formula is C19H27N3O4. The quantitative estimate of drug-likeness (QED) is 0.679. The van der Waals surface area contributed by atoms with Crippen LogP contribution in [0.25, 0.3) is 0 Å². The van der Waals surface area contributed by atoms with Gasteiger partial charge in [-0.25, -0.2) is 4.79 Å². The molecule has 0 atom stereocenters. The Labute approximate surface area is 153 Å². The minimum absolute atomic E-state index is 0.0192. The van der Waals surface area contributed by atoms with Gasteiger partial charge in [0.1, 0.15) is 0 Å². The van der Waals surface area contributed by atoms with E-state index >= 15 is 0 Å². The molecule has 7 nitrogen and oxygen atoms in total. The van der Waals surface area contributed by atoms with Crippen LogP contribution in [0.4, 0.5) is 10.5 Å². The Hall–Kier alpha value is -2.57. The number of amides is 3. The molecule has 1 fully saturated rings. The van der Waals surface area contributed by atoms with Crippen LogP contribution >= 0.6 is 0 Å². The summed E-state index contributed by atoms with van der Waals surface area (Å²) in [4.78, 5) is 36.8. The average Bonchev–Trinajstić information content (AvgIpc) is 2.60. The predicted molar refractivity (Wildman–Crippen MR) is 99.4 cm³/mol. The Morgan fingerprint density at radius 1 is 1.23 bits per heavy atom. The van der Waals surface area contributed by atoms with E-state index in [1.165, 1.54) is 0 Å². The van der Waals surface area contributed by atoms with E-state index in [0.29, 0.717) is 30.1 Å². The molecule has 1 aromatic rings. The van der Waals surface area contributed by atoms with Gasteiger partial charge in [-0.2, -0.15) is 0 Å². The Morgan fingerprint density at radius 2 is 1.92 bits per heavy atom. The van der Waals surface area contributed by atoms with E-state index in [-0.39, 0.29) is 18.4 Å². The molecule has 0 aliphatic carbocycles. The molecule has 0 spiro atoms. The Balaban J connectivity index is 1.89. The van der Waals surface area contributed by atoms with Gasteiger partial charge in [-0.15, -0.1) is 0 Å². The fourth-order valence-electron chi connectivity index (χ4n) is 2.94. The van der Waals surface area contributed by atoms with E-state index in [1.54, 1.807) is 18.2 Å². The SMILES string of the molecule is Cc1cc(C(=O)N2CCC(C)CC2)ccc1NC(=O)NCCCC(=O)O. The minimum Gasteiger partial charge on any atom is -0.481 e. The normalized spacial score (nSPS) is 14.8. The number of likely N-dealkylation sites (tertiary alicyclic amines) is 1. The van der Waals surface area contributed by atoms with Crippen LogP contribution in [0.1, 0.15) is 48.5 Å². The van der Waals surface area contributed by atoms with Crippen molar-refractivity contribution in [1.82, 2.24) is 10.2 Å². The largest absolute Gasteiger partial charge is 0.481 e. The van der Waals surface area contributed by atoms with Crippen molar-refractivity contribution < 1.29 is 19.5 Å². The summed E-state index contributed by atoms with van der Waals surface area (Å²) >= 11 is 0. The van der Waals surface area contributed by atoms with E-state index in [9.17, 15) is 14.4 Å². The van der Waals surface area contributed by atoms with E-state index in [0.717, 1.165) is 31.5 Å². The first-order valence-corrected chi connectivity index (χ1v) is 9.03. The van der Waals surface area contributed by atoms with Gasteiger partial charge in [0, 0.05) is 37.3 Å². The lowest BCUT2D eigenvalue weighted by Gasteiger charge is -2.30. The van der Waals surface area contributed by atoms with E-state index in [2.05, 4.69) is 17.6 Å². The van der Waals surface area contributed by atoms with Crippen molar-refractivity contribution in [3.63, 3.8) is 0 Å². The molecular weight excluding hydrogens is 334 g/mol. The van der Waals surface area contributed by atoms with Crippen molar-refractivity contribution >= 4 is 23.6 Å². The van der Waals surface area contributed by atoms with E-state index in [4.69, 9.17) is 5.11 Å². The molecule has 3 amide bonds. The second kappa shape index (κ2) is 9.22. The van der Waals surface area contributed by atoms with Crippen LogP contribution in [0.3, 0.4) is 0 Å². The number of aryl methyl sites for hydroxylation is 1. The summed E-state index contributed by atoms with van der Waals surface area (Å²) in [5, 5.41) is 13.9. The second-order valence-electron chi connectivity index (χ2n) is 6.88. The molecule has 3 N–H and O–H groups in total. The zero-order valence-corrected chi connectivity index (χ0v) is 15.4. The maximum atomic E-state index is 12.6. The van der Waals surface area contributed by atoms with Crippen LogP contribution < -0.4 is 10.6 Å². The third kappa shape index (κ3) is 5.75. The van der Waals surface area contributed by atoms with Crippen molar-refractivity contribution in [2.24, 2.45) is 5.92 Å². The summed E-state index contributed by atoms with van der Waals surface area (Å²) < 4.78 is 0. The number of urea groups is 1. The van der Waals surface area contributed by atoms with Crippen molar-refractivity contribution in [3.05, 3.63) is 29.3 Å². The molecule has 1 heterocycles. The predicted octanol–water partition coefficient (Wildman–Crippen LogP) is 2.85. The molecule has 0 saturated carbocycles. The smallest absolute Gasteiger partial charge is 0.319 e. The average molecular weight is 361 g/mol. The van der Waals surface area contributed by atoms with Gasteiger partial charge < -0.3 is 20.6 Å². The highest BCUT2D eigenvalue weighted by Gasteiger charge is 2.21. The lowest BCUT2D eigenvalue weighted by molar-refractivity contribution is -0.137. The number of carbonyl (C=O) groups excluding carboxylic acids is 2. The Morgan fingerprint density at radius 3 is 2.54 bits per heavy atom. The molecule has 0 radical (unpaired) electrons. The number of benzene rings is 1. The number of carboxylic acid groups (broad SMARTS) is 1. The molecule has 7 heteroatoms. The van der Waals surface area contributed by atoms with E-state index < -0.39 is 5.97 Å². The van der Waals surface area contributed by atoms with Crippen LogP contribution in [-0.2, 0) is 4.79 Å². The molecule has 1 aliphatic rings. The van der Waals surface area contributed by atoms with Gasteiger partial charge in [0.05, 0.1) is 0 Å². The molecule has 1 aliphatic heterocycles. The minimum atomic E-state index is -0.883.